The lowest BCUT2D eigenvalue weighted by molar-refractivity contribution is -0.0790. The van der Waals surface area contributed by atoms with Gasteiger partial charge >= 0.3 is 0 Å². The van der Waals surface area contributed by atoms with E-state index in [1.54, 1.807) is 24.9 Å². The number of hydrogen-bond donors (Lipinski definition) is 4. The van der Waals surface area contributed by atoms with Gasteiger partial charge in [0.1, 0.15) is 18.2 Å². The third-order valence-electron chi connectivity index (χ3n) is 6.72. The highest BCUT2D eigenvalue weighted by molar-refractivity contribution is 5.78. The van der Waals surface area contributed by atoms with Crippen LogP contribution in [-0.2, 0) is 10.3 Å². The molecular weight excluding hydrogens is 439 g/mol. The van der Waals surface area contributed by atoms with Crippen LogP contribution in [-0.4, -0.2) is 60.4 Å². The van der Waals surface area contributed by atoms with Crippen molar-refractivity contribution in [3.05, 3.63) is 34.6 Å². The third kappa shape index (κ3) is 7.04. The largest absolute Gasteiger partial charge is 0.391 e. The summed E-state index contributed by atoms with van der Waals surface area (Å²) in [4.78, 5) is 13.8. The SMILES string of the molecule is CCC(O)(c1cc(F)c(C(OCC(C)O)N(C)CCNC(N)C#N)c(C=O)c1)C1CCCCC1. The van der Waals surface area contributed by atoms with E-state index in [4.69, 9.17) is 15.7 Å². The number of carbonyl (C=O) groups is 1. The van der Waals surface area contributed by atoms with E-state index in [1.807, 2.05) is 13.0 Å². The lowest BCUT2D eigenvalue weighted by Gasteiger charge is -2.39. The molecule has 1 aromatic rings. The molecule has 0 spiro atoms. The van der Waals surface area contributed by atoms with Crippen LogP contribution in [0.2, 0.25) is 0 Å². The second kappa shape index (κ2) is 13.2. The van der Waals surface area contributed by atoms with Gasteiger partial charge in [0.25, 0.3) is 0 Å². The van der Waals surface area contributed by atoms with Crippen molar-refractivity contribution in [2.75, 3.05) is 26.7 Å². The smallest absolute Gasteiger partial charge is 0.150 e. The number of nitrogens with zero attached hydrogens (tertiary/aromatic N) is 2. The minimum absolute atomic E-state index is 0.0105. The standard InChI is InChI=1S/C25H39FN4O4/c1-4-25(33,19-8-6-5-7-9-19)20-12-18(15-31)23(21(26)13-20)24(34-16-17(2)32)30(3)11-10-29-22(28)14-27/h12-13,15,17,19,22,24,29,32-33H,4-11,16,28H2,1-3H3. The van der Waals surface area contributed by atoms with E-state index in [2.05, 4.69) is 5.32 Å². The number of nitrogens with one attached hydrogen (secondary N) is 1. The Morgan fingerprint density at radius 3 is 2.65 bits per heavy atom. The van der Waals surface area contributed by atoms with Crippen molar-refractivity contribution in [2.45, 2.75) is 76.5 Å². The number of likely N-dealkylation sites (N-methyl/N-ethyl adjacent to an activating group) is 1. The number of nitriles is 1. The average Bonchev–Trinajstić information content (AvgIpc) is 2.84. The minimum Gasteiger partial charge on any atom is -0.391 e. The van der Waals surface area contributed by atoms with Gasteiger partial charge in [0.05, 0.1) is 24.4 Å². The molecule has 9 heteroatoms. The van der Waals surface area contributed by atoms with Gasteiger partial charge in [0, 0.05) is 24.2 Å². The molecule has 1 fully saturated rings. The maximum atomic E-state index is 15.7. The number of carbonyl (C=O) groups excluding carboxylic acids is 1. The highest BCUT2D eigenvalue weighted by Gasteiger charge is 2.39. The Bertz CT molecular complexity index is 841. The Kier molecular flexibility index (Phi) is 11.0. The molecule has 1 aliphatic carbocycles. The lowest BCUT2D eigenvalue weighted by atomic mass is 9.71. The molecule has 8 nitrogen and oxygen atoms in total. The quantitative estimate of drug-likeness (QED) is 0.251. The van der Waals surface area contributed by atoms with Crippen LogP contribution in [0.4, 0.5) is 4.39 Å². The fraction of sp³-hybridized carbons (Fsp3) is 0.680. The van der Waals surface area contributed by atoms with Gasteiger partial charge in [-0.1, -0.05) is 26.2 Å². The van der Waals surface area contributed by atoms with Gasteiger partial charge in [-0.2, -0.15) is 5.26 Å². The van der Waals surface area contributed by atoms with Gasteiger partial charge in [-0.25, -0.2) is 4.39 Å². The summed E-state index contributed by atoms with van der Waals surface area (Å²) in [6.07, 6.45) is 3.32. The van der Waals surface area contributed by atoms with Crippen molar-refractivity contribution in [3.63, 3.8) is 0 Å². The van der Waals surface area contributed by atoms with Crippen LogP contribution in [0.3, 0.4) is 0 Å². The van der Waals surface area contributed by atoms with Crippen LogP contribution in [0.1, 0.15) is 80.1 Å². The zero-order valence-electron chi connectivity index (χ0n) is 20.5. The van der Waals surface area contributed by atoms with Crippen LogP contribution in [0, 0.1) is 23.1 Å². The molecule has 0 radical (unpaired) electrons. The molecule has 0 heterocycles. The number of halogens is 1. The van der Waals surface area contributed by atoms with Gasteiger partial charge in [0.2, 0.25) is 0 Å². The molecule has 0 aromatic heterocycles. The number of ether oxygens (including phenoxy) is 1. The highest BCUT2D eigenvalue weighted by Crippen LogP contribution is 2.43. The average molecular weight is 479 g/mol. The first-order valence-corrected chi connectivity index (χ1v) is 12.1. The Morgan fingerprint density at radius 1 is 1.41 bits per heavy atom. The van der Waals surface area contributed by atoms with Crippen LogP contribution < -0.4 is 11.1 Å². The van der Waals surface area contributed by atoms with Crippen molar-refractivity contribution in [1.82, 2.24) is 10.2 Å². The maximum absolute atomic E-state index is 15.7. The van der Waals surface area contributed by atoms with Crippen molar-refractivity contribution in [3.8, 4) is 6.07 Å². The Labute approximate surface area is 201 Å². The maximum Gasteiger partial charge on any atom is 0.150 e. The summed E-state index contributed by atoms with van der Waals surface area (Å²) in [5.74, 6) is -0.636. The molecule has 34 heavy (non-hydrogen) atoms. The number of benzene rings is 1. The molecule has 1 aromatic carbocycles. The van der Waals surface area contributed by atoms with Crippen LogP contribution >= 0.6 is 0 Å². The summed E-state index contributed by atoms with van der Waals surface area (Å²) < 4.78 is 21.5. The Hall–Kier alpha value is -1.93. The topological polar surface area (TPSA) is 132 Å². The van der Waals surface area contributed by atoms with E-state index in [-0.39, 0.29) is 23.7 Å². The number of rotatable bonds is 13. The molecule has 0 aliphatic heterocycles. The number of aliphatic hydroxyl groups is 2. The van der Waals surface area contributed by atoms with Gasteiger partial charge in [0.15, 0.2) is 6.29 Å². The Morgan fingerprint density at radius 2 is 2.09 bits per heavy atom. The summed E-state index contributed by atoms with van der Waals surface area (Å²) in [5, 5.41) is 32.9. The molecule has 5 N–H and O–H groups in total. The zero-order chi connectivity index (χ0) is 25.3. The van der Waals surface area contributed by atoms with Crippen molar-refractivity contribution in [1.29, 1.82) is 5.26 Å². The van der Waals surface area contributed by atoms with Gasteiger partial charge in [-0.05, 0) is 56.8 Å². The normalized spacial score (nSPS) is 19.3. The third-order valence-corrected chi connectivity index (χ3v) is 6.72. The first-order chi connectivity index (χ1) is 16.2. The molecule has 1 saturated carbocycles. The van der Waals surface area contributed by atoms with Crippen molar-refractivity contribution in [2.24, 2.45) is 11.7 Å². The minimum atomic E-state index is -1.21. The molecular formula is C25H39FN4O4. The zero-order valence-corrected chi connectivity index (χ0v) is 20.5. The first kappa shape index (κ1) is 28.3. The summed E-state index contributed by atoms with van der Waals surface area (Å²) in [6, 6.07) is 4.76. The molecule has 190 valence electrons. The van der Waals surface area contributed by atoms with Crippen LogP contribution in [0.5, 0.6) is 0 Å². The van der Waals surface area contributed by atoms with E-state index in [9.17, 15) is 15.0 Å². The number of hydrogen-bond acceptors (Lipinski definition) is 8. The summed E-state index contributed by atoms with van der Waals surface area (Å²) in [6.45, 7) is 4.02. The van der Waals surface area contributed by atoms with E-state index in [0.717, 1.165) is 32.1 Å². The van der Waals surface area contributed by atoms with Crippen molar-refractivity contribution < 1.29 is 24.1 Å². The van der Waals surface area contributed by atoms with E-state index in [1.165, 1.54) is 6.07 Å². The number of aldehydes is 1. The molecule has 4 atom stereocenters. The lowest BCUT2D eigenvalue weighted by Crippen LogP contribution is -2.42. The monoisotopic (exact) mass is 478 g/mol. The van der Waals surface area contributed by atoms with Gasteiger partial charge < -0.3 is 20.7 Å². The number of nitrogens with two attached hydrogens (primary N) is 1. The van der Waals surface area contributed by atoms with Gasteiger partial charge in [-0.15, -0.1) is 0 Å². The predicted octanol–water partition coefficient (Wildman–Crippen LogP) is 2.54. The molecule has 1 aliphatic rings. The Balaban J connectivity index is 2.41. The first-order valence-electron chi connectivity index (χ1n) is 12.1. The number of aliphatic hydroxyl groups excluding tert-OH is 1. The van der Waals surface area contributed by atoms with Gasteiger partial charge in [-0.3, -0.25) is 15.0 Å². The van der Waals surface area contributed by atoms with Crippen molar-refractivity contribution >= 4 is 6.29 Å². The summed E-state index contributed by atoms with van der Waals surface area (Å²) in [5.41, 5.74) is 4.90. The van der Waals surface area contributed by atoms with Crippen LogP contribution in [0.15, 0.2) is 12.1 Å². The van der Waals surface area contributed by atoms with Crippen LogP contribution in [0.25, 0.3) is 0 Å². The van der Waals surface area contributed by atoms with E-state index in [0.29, 0.717) is 31.4 Å². The molecule has 4 unspecified atom stereocenters. The summed E-state index contributed by atoms with van der Waals surface area (Å²) >= 11 is 0. The molecule has 0 bridgehead atoms. The molecule has 2 rings (SSSR count). The second-order valence-electron chi connectivity index (χ2n) is 9.27. The second-order valence-corrected chi connectivity index (χ2v) is 9.27. The van der Waals surface area contributed by atoms with E-state index >= 15 is 4.39 Å². The highest BCUT2D eigenvalue weighted by atomic mass is 19.1. The molecule has 0 amide bonds. The molecule has 0 saturated heterocycles. The summed E-state index contributed by atoms with van der Waals surface area (Å²) in [7, 11) is 1.69. The fourth-order valence-electron chi connectivity index (χ4n) is 4.78. The predicted molar refractivity (Wildman–Crippen MR) is 127 cm³/mol. The van der Waals surface area contributed by atoms with E-state index < -0.39 is 29.9 Å². The fourth-order valence-corrected chi connectivity index (χ4v) is 4.78.